The van der Waals surface area contributed by atoms with Gasteiger partial charge in [-0.05, 0) is 95.8 Å². The van der Waals surface area contributed by atoms with E-state index in [4.69, 9.17) is 13.1 Å². The zero-order chi connectivity index (χ0) is 33.9. The molecular formula is C46H30N4. The molecular weight excluding hydrogens is 609 g/mol. The zero-order valence-corrected chi connectivity index (χ0v) is 27.6. The van der Waals surface area contributed by atoms with E-state index in [0.29, 0.717) is 16.9 Å². The second kappa shape index (κ2) is 11.4. The van der Waals surface area contributed by atoms with Crippen molar-refractivity contribution in [3.8, 4) is 33.6 Å². The minimum Gasteiger partial charge on any atom is -0.309 e. The van der Waals surface area contributed by atoms with Crippen LogP contribution in [-0.4, -0.2) is 9.13 Å². The molecule has 0 aliphatic rings. The molecule has 0 radical (unpaired) electrons. The van der Waals surface area contributed by atoms with Crippen LogP contribution in [0.3, 0.4) is 0 Å². The molecule has 0 saturated carbocycles. The molecule has 0 N–H and O–H groups in total. The normalized spacial score (nSPS) is 11.4. The average molecular weight is 639 g/mol. The summed E-state index contributed by atoms with van der Waals surface area (Å²) in [5.41, 5.74) is 13.5. The van der Waals surface area contributed by atoms with Crippen molar-refractivity contribution in [3.63, 3.8) is 0 Å². The molecule has 0 atom stereocenters. The fourth-order valence-corrected chi connectivity index (χ4v) is 7.84. The van der Waals surface area contributed by atoms with E-state index in [0.717, 1.165) is 72.0 Å². The van der Waals surface area contributed by atoms with Gasteiger partial charge < -0.3 is 9.13 Å². The first kappa shape index (κ1) is 29.3. The van der Waals surface area contributed by atoms with Crippen molar-refractivity contribution in [3.05, 3.63) is 180 Å². The summed E-state index contributed by atoms with van der Waals surface area (Å²) in [6, 6.07) is 50.7. The van der Waals surface area contributed by atoms with Gasteiger partial charge in [-0.1, -0.05) is 97.1 Å². The molecule has 9 aromatic rings. The van der Waals surface area contributed by atoms with Gasteiger partial charge in [0.1, 0.15) is 0 Å². The maximum Gasteiger partial charge on any atom is 0.184 e. The van der Waals surface area contributed by atoms with Gasteiger partial charge in [0.05, 0.1) is 40.9 Å². The maximum atomic E-state index is 8.18. The van der Waals surface area contributed by atoms with Crippen molar-refractivity contribution in [2.24, 2.45) is 0 Å². The van der Waals surface area contributed by atoms with Crippen molar-refractivity contribution in [1.82, 2.24) is 9.13 Å². The predicted octanol–water partition coefficient (Wildman–Crippen LogP) is 12.9. The molecule has 0 fully saturated rings. The fraction of sp³-hybridized carbons (Fsp3) is 0.0435. The smallest absolute Gasteiger partial charge is 0.184 e. The third-order valence-electron chi connectivity index (χ3n) is 9.98. The molecule has 0 aliphatic heterocycles. The Labute approximate surface area is 290 Å². The minimum absolute atomic E-state index is 0.469. The minimum atomic E-state index is 0.469. The van der Waals surface area contributed by atoms with Gasteiger partial charge in [0.25, 0.3) is 0 Å². The van der Waals surface area contributed by atoms with E-state index in [-0.39, 0.29) is 0 Å². The number of hydrogen-bond acceptors (Lipinski definition) is 0. The molecule has 0 bridgehead atoms. The molecule has 7 aromatic carbocycles. The molecule has 50 heavy (non-hydrogen) atoms. The van der Waals surface area contributed by atoms with Crippen LogP contribution in [0.1, 0.15) is 11.1 Å². The lowest BCUT2D eigenvalue weighted by Gasteiger charge is -2.18. The van der Waals surface area contributed by atoms with Gasteiger partial charge in [0, 0.05) is 27.2 Å². The molecule has 9 rings (SSSR count). The molecule has 2 aromatic heterocycles. The summed E-state index contributed by atoms with van der Waals surface area (Å²) in [5, 5.41) is 4.57. The number of aromatic nitrogens is 2. The number of aryl methyl sites for hydroxylation is 2. The van der Waals surface area contributed by atoms with Crippen LogP contribution in [0.2, 0.25) is 0 Å². The molecule has 0 aliphatic carbocycles. The Kier molecular flexibility index (Phi) is 6.66. The van der Waals surface area contributed by atoms with Gasteiger partial charge in [0.2, 0.25) is 0 Å². The number of rotatable bonds is 4. The number of hydrogen-bond donors (Lipinski definition) is 0. The first-order chi connectivity index (χ1) is 24.6. The van der Waals surface area contributed by atoms with Crippen LogP contribution in [-0.2, 0) is 0 Å². The van der Waals surface area contributed by atoms with E-state index < -0.39 is 0 Å². The topological polar surface area (TPSA) is 18.6 Å². The Bertz CT molecular complexity index is 2860. The van der Waals surface area contributed by atoms with Gasteiger partial charge in [0.15, 0.2) is 11.4 Å². The third kappa shape index (κ3) is 4.30. The van der Waals surface area contributed by atoms with E-state index in [1.54, 1.807) is 0 Å². The highest BCUT2D eigenvalue weighted by Gasteiger charge is 2.23. The molecule has 0 saturated heterocycles. The third-order valence-corrected chi connectivity index (χ3v) is 9.98. The number of benzene rings is 7. The lowest BCUT2D eigenvalue weighted by molar-refractivity contribution is 1.12. The summed E-state index contributed by atoms with van der Waals surface area (Å²) in [4.78, 5) is 7.91. The first-order valence-corrected chi connectivity index (χ1v) is 16.7. The van der Waals surface area contributed by atoms with Crippen molar-refractivity contribution in [2.75, 3.05) is 0 Å². The lowest BCUT2D eigenvalue weighted by Crippen LogP contribution is -2.01. The van der Waals surface area contributed by atoms with Crippen LogP contribution in [0.5, 0.6) is 0 Å². The van der Waals surface area contributed by atoms with Crippen molar-refractivity contribution in [1.29, 1.82) is 0 Å². The van der Waals surface area contributed by atoms with Crippen LogP contribution >= 0.6 is 0 Å². The molecule has 2 heterocycles. The number of nitrogens with zero attached hydrogens (tertiary/aromatic N) is 4. The Morgan fingerprint density at radius 1 is 0.460 bits per heavy atom. The van der Waals surface area contributed by atoms with E-state index in [9.17, 15) is 0 Å². The highest BCUT2D eigenvalue weighted by Crippen LogP contribution is 2.48. The van der Waals surface area contributed by atoms with E-state index >= 15 is 0 Å². The summed E-state index contributed by atoms with van der Waals surface area (Å²) in [7, 11) is 0. The summed E-state index contributed by atoms with van der Waals surface area (Å²) in [6.45, 7) is 20.7. The van der Waals surface area contributed by atoms with Crippen molar-refractivity contribution >= 4 is 55.0 Å². The highest BCUT2D eigenvalue weighted by molar-refractivity contribution is 6.18. The Hall–Kier alpha value is -6.88. The van der Waals surface area contributed by atoms with Crippen LogP contribution in [0.4, 0.5) is 11.4 Å². The Morgan fingerprint density at radius 3 is 1.70 bits per heavy atom. The molecule has 4 nitrogen and oxygen atoms in total. The first-order valence-electron chi connectivity index (χ1n) is 16.7. The van der Waals surface area contributed by atoms with Crippen molar-refractivity contribution < 1.29 is 0 Å². The summed E-state index contributed by atoms with van der Waals surface area (Å²) < 4.78 is 4.68. The van der Waals surface area contributed by atoms with E-state index in [1.807, 2.05) is 24.3 Å². The summed E-state index contributed by atoms with van der Waals surface area (Å²) in [5.74, 6) is 0. The molecule has 0 spiro atoms. The monoisotopic (exact) mass is 638 g/mol. The standard InChI is InChI=1S/C46H30N4/c1-29-14-12-15-30(2)45(29)50-42-23-11-9-19-35(42)37-27-32(28-38(46(37)50)44-39(47-3)20-13-21-40(44)48-4)31-24-25-43-36(26-31)34-18-8-10-22-41(34)49(43)33-16-6-5-7-17-33/h5-28H,1-2H3. The van der Waals surface area contributed by atoms with E-state index in [2.05, 4.69) is 154 Å². The van der Waals surface area contributed by atoms with Crippen LogP contribution in [0.15, 0.2) is 146 Å². The number of para-hydroxylation sites is 4. The van der Waals surface area contributed by atoms with E-state index in [1.165, 1.54) is 10.8 Å². The highest BCUT2D eigenvalue weighted by atomic mass is 15.0. The average Bonchev–Trinajstić information content (AvgIpc) is 3.67. The van der Waals surface area contributed by atoms with Crippen LogP contribution in [0, 0.1) is 27.0 Å². The molecule has 4 heteroatoms. The molecule has 0 unspecified atom stereocenters. The maximum absolute atomic E-state index is 8.18. The SMILES string of the molecule is [C-]#[N+]c1cccc([N+]#[C-])c1-c1cc(-c2ccc3c(c2)c2ccccc2n3-c2ccccc2)cc2c3ccccc3n(-c3c(C)cccc3C)c12. The summed E-state index contributed by atoms with van der Waals surface area (Å²) >= 11 is 0. The summed E-state index contributed by atoms with van der Waals surface area (Å²) in [6.07, 6.45) is 0. The van der Waals surface area contributed by atoms with Crippen LogP contribution < -0.4 is 0 Å². The quantitative estimate of drug-likeness (QED) is 0.171. The molecule has 0 amide bonds. The fourth-order valence-electron chi connectivity index (χ4n) is 7.84. The van der Waals surface area contributed by atoms with Gasteiger partial charge in [-0.25, -0.2) is 9.69 Å². The lowest BCUT2D eigenvalue weighted by atomic mass is 9.93. The second-order valence-corrected chi connectivity index (χ2v) is 12.8. The predicted molar refractivity (Wildman–Crippen MR) is 208 cm³/mol. The van der Waals surface area contributed by atoms with Gasteiger partial charge >= 0.3 is 0 Å². The largest absolute Gasteiger partial charge is 0.309 e. The van der Waals surface area contributed by atoms with Crippen LogP contribution in [0.25, 0.3) is 86.9 Å². The second-order valence-electron chi connectivity index (χ2n) is 12.8. The number of fused-ring (bicyclic) bond motifs is 6. The Morgan fingerprint density at radius 2 is 1.02 bits per heavy atom. The zero-order valence-electron chi connectivity index (χ0n) is 27.6. The van der Waals surface area contributed by atoms with Gasteiger partial charge in [-0.15, -0.1) is 0 Å². The van der Waals surface area contributed by atoms with Gasteiger partial charge in [-0.2, -0.15) is 0 Å². The Balaban J connectivity index is 1.42. The molecule has 234 valence electrons. The van der Waals surface area contributed by atoms with Crippen molar-refractivity contribution in [2.45, 2.75) is 13.8 Å². The van der Waals surface area contributed by atoms with Gasteiger partial charge in [-0.3, -0.25) is 0 Å².